The molecule has 0 saturated carbocycles. The summed E-state index contributed by atoms with van der Waals surface area (Å²) in [5.74, 6) is 0.262. The van der Waals surface area contributed by atoms with Crippen LogP contribution in [-0.2, 0) is 4.79 Å². The summed E-state index contributed by atoms with van der Waals surface area (Å²) < 4.78 is 0. The molecule has 0 aromatic carbocycles. The molecule has 1 fully saturated rings. The van der Waals surface area contributed by atoms with Crippen LogP contribution in [0, 0.1) is 0 Å². The largest absolute Gasteiger partial charge is 0.339 e. The Labute approximate surface area is 61.2 Å². The molecule has 0 radical (unpaired) electrons. The van der Waals surface area contributed by atoms with Gasteiger partial charge in [0.2, 0.25) is 5.91 Å². The van der Waals surface area contributed by atoms with Gasteiger partial charge in [-0.3, -0.25) is 4.79 Å². The molecule has 1 aliphatic rings. The Morgan fingerprint density at radius 1 is 1.80 bits per heavy atom. The van der Waals surface area contributed by atoms with Gasteiger partial charge in [0.25, 0.3) is 0 Å². The van der Waals surface area contributed by atoms with Gasteiger partial charge in [-0.05, 0) is 13.3 Å². The van der Waals surface area contributed by atoms with Gasteiger partial charge in [0.1, 0.15) is 0 Å². The smallest absolute Gasteiger partial charge is 0.222 e. The Kier molecular flexibility index (Phi) is 2.27. The van der Waals surface area contributed by atoms with E-state index in [1.807, 2.05) is 4.90 Å². The summed E-state index contributed by atoms with van der Waals surface area (Å²) in [4.78, 5) is 12.9. The summed E-state index contributed by atoms with van der Waals surface area (Å²) in [6, 6.07) is 0.413. The topological polar surface area (TPSA) is 46.3 Å². The van der Waals surface area contributed by atoms with Crippen molar-refractivity contribution in [1.82, 2.24) is 4.90 Å². The second-order valence-corrected chi connectivity index (χ2v) is 2.76. The fraction of sp³-hybridized carbons (Fsp3) is 0.857. The lowest BCUT2D eigenvalue weighted by molar-refractivity contribution is -0.128. The van der Waals surface area contributed by atoms with Crippen LogP contribution in [0.2, 0.25) is 0 Å². The van der Waals surface area contributed by atoms with Gasteiger partial charge in [-0.25, -0.2) is 0 Å². The molecule has 0 aromatic rings. The number of rotatable bonds is 2. The highest BCUT2D eigenvalue weighted by molar-refractivity contribution is 5.78. The summed E-state index contributed by atoms with van der Waals surface area (Å²) in [6.07, 6.45) is 1.71. The number of carbonyl (C=O) groups is 1. The van der Waals surface area contributed by atoms with Gasteiger partial charge in [0.05, 0.1) is 0 Å². The minimum absolute atomic E-state index is 0.262. The highest BCUT2D eigenvalue weighted by atomic mass is 16.2. The molecular formula is C7H14N2O. The normalized spacial score (nSPS) is 26.0. The van der Waals surface area contributed by atoms with Crippen LogP contribution in [0.4, 0.5) is 0 Å². The van der Waals surface area contributed by atoms with E-state index in [0.717, 1.165) is 13.0 Å². The van der Waals surface area contributed by atoms with Crippen LogP contribution in [-0.4, -0.2) is 29.9 Å². The number of nitrogens with two attached hydrogens (primary N) is 1. The second kappa shape index (κ2) is 3.01. The minimum atomic E-state index is 0.262. The number of likely N-dealkylation sites (tertiary alicyclic amines) is 1. The molecule has 1 unspecified atom stereocenters. The lowest BCUT2D eigenvalue weighted by atomic mass is 10.2. The van der Waals surface area contributed by atoms with Gasteiger partial charge in [0.15, 0.2) is 0 Å². The van der Waals surface area contributed by atoms with Crippen molar-refractivity contribution in [2.45, 2.75) is 25.8 Å². The van der Waals surface area contributed by atoms with Crippen molar-refractivity contribution in [1.29, 1.82) is 0 Å². The molecular weight excluding hydrogens is 128 g/mol. The SMILES string of the molecule is CC1CCC(=O)N1CCN. The third-order valence-electron chi connectivity index (χ3n) is 2.00. The van der Waals surface area contributed by atoms with E-state index in [1.54, 1.807) is 0 Å². The van der Waals surface area contributed by atoms with Crippen LogP contribution in [0.1, 0.15) is 19.8 Å². The van der Waals surface area contributed by atoms with E-state index >= 15 is 0 Å². The van der Waals surface area contributed by atoms with Crippen LogP contribution in [0.5, 0.6) is 0 Å². The zero-order chi connectivity index (χ0) is 7.56. The van der Waals surface area contributed by atoms with E-state index < -0.39 is 0 Å². The highest BCUT2D eigenvalue weighted by Crippen LogP contribution is 2.16. The van der Waals surface area contributed by atoms with Crippen LogP contribution >= 0.6 is 0 Å². The van der Waals surface area contributed by atoms with Gasteiger partial charge in [-0.2, -0.15) is 0 Å². The summed E-state index contributed by atoms with van der Waals surface area (Å²) in [6.45, 7) is 3.37. The van der Waals surface area contributed by atoms with Crippen LogP contribution < -0.4 is 5.73 Å². The summed E-state index contributed by atoms with van der Waals surface area (Å²) in [7, 11) is 0. The molecule has 1 heterocycles. The maximum atomic E-state index is 11.0. The van der Waals surface area contributed by atoms with E-state index in [4.69, 9.17) is 5.73 Å². The quantitative estimate of drug-likeness (QED) is 0.588. The van der Waals surface area contributed by atoms with Crippen LogP contribution in [0.15, 0.2) is 0 Å². The third-order valence-corrected chi connectivity index (χ3v) is 2.00. The van der Waals surface area contributed by atoms with Crippen molar-refractivity contribution in [3.05, 3.63) is 0 Å². The standard InChI is InChI=1S/C7H14N2O/c1-6-2-3-7(10)9(6)5-4-8/h6H,2-5,8H2,1H3. The number of nitrogens with zero attached hydrogens (tertiary/aromatic N) is 1. The third kappa shape index (κ3) is 1.29. The predicted octanol–water partition coefficient (Wildman–Crippen LogP) is -0.0440. The fourth-order valence-electron chi connectivity index (χ4n) is 1.36. The Bertz CT molecular complexity index is 136. The molecule has 1 aliphatic heterocycles. The van der Waals surface area contributed by atoms with Crippen LogP contribution in [0.3, 0.4) is 0 Å². The van der Waals surface area contributed by atoms with Crippen molar-refractivity contribution in [3.8, 4) is 0 Å². The molecule has 2 N–H and O–H groups in total. The minimum Gasteiger partial charge on any atom is -0.339 e. The molecule has 0 bridgehead atoms. The Balaban J connectivity index is 2.46. The average Bonchev–Trinajstić information content (AvgIpc) is 2.20. The zero-order valence-electron chi connectivity index (χ0n) is 6.34. The molecule has 1 atom stereocenters. The van der Waals surface area contributed by atoms with Gasteiger partial charge in [0, 0.05) is 25.6 Å². The number of amides is 1. The molecule has 0 aliphatic carbocycles. The summed E-state index contributed by atoms with van der Waals surface area (Å²) >= 11 is 0. The van der Waals surface area contributed by atoms with Crippen molar-refractivity contribution in [2.75, 3.05) is 13.1 Å². The molecule has 3 nitrogen and oxygen atoms in total. The van der Waals surface area contributed by atoms with Crippen molar-refractivity contribution >= 4 is 5.91 Å². The Morgan fingerprint density at radius 3 is 2.90 bits per heavy atom. The first-order chi connectivity index (χ1) is 4.75. The molecule has 3 heteroatoms. The van der Waals surface area contributed by atoms with Gasteiger partial charge < -0.3 is 10.6 Å². The van der Waals surface area contributed by atoms with E-state index in [-0.39, 0.29) is 5.91 Å². The highest BCUT2D eigenvalue weighted by Gasteiger charge is 2.25. The average molecular weight is 142 g/mol. The summed E-state index contributed by atoms with van der Waals surface area (Å²) in [5, 5.41) is 0. The number of hydrogen-bond acceptors (Lipinski definition) is 2. The van der Waals surface area contributed by atoms with Crippen LogP contribution in [0.25, 0.3) is 0 Å². The van der Waals surface area contributed by atoms with E-state index in [0.29, 0.717) is 19.0 Å². The molecule has 58 valence electrons. The first-order valence-electron chi connectivity index (χ1n) is 3.75. The maximum absolute atomic E-state index is 11.0. The first-order valence-corrected chi connectivity index (χ1v) is 3.75. The van der Waals surface area contributed by atoms with E-state index in [1.165, 1.54) is 0 Å². The Morgan fingerprint density at radius 2 is 2.50 bits per heavy atom. The maximum Gasteiger partial charge on any atom is 0.222 e. The predicted molar refractivity (Wildman–Crippen MR) is 39.5 cm³/mol. The zero-order valence-corrected chi connectivity index (χ0v) is 6.34. The number of hydrogen-bond donors (Lipinski definition) is 1. The molecule has 1 saturated heterocycles. The lowest BCUT2D eigenvalue weighted by Crippen LogP contribution is -2.35. The van der Waals surface area contributed by atoms with Crippen molar-refractivity contribution in [3.63, 3.8) is 0 Å². The van der Waals surface area contributed by atoms with Gasteiger partial charge >= 0.3 is 0 Å². The number of carbonyl (C=O) groups excluding carboxylic acids is 1. The molecule has 10 heavy (non-hydrogen) atoms. The van der Waals surface area contributed by atoms with E-state index in [9.17, 15) is 4.79 Å². The summed E-state index contributed by atoms with van der Waals surface area (Å²) in [5.41, 5.74) is 5.34. The molecule has 1 amide bonds. The van der Waals surface area contributed by atoms with E-state index in [2.05, 4.69) is 6.92 Å². The van der Waals surface area contributed by atoms with Gasteiger partial charge in [-0.1, -0.05) is 0 Å². The monoisotopic (exact) mass is 142 g/mol. The molecule has 1 rings (SSSR count). The first kappa shape index (κ1) is 7.54. The molecule has 0 aromatic heterocycles. The Hall–Kier alpha value is -0.570. The lowest BCUT2D eigenvalue weighted by Gasteiger charge is -2.19. The molecule has 0 spiro atoms. The van der Waals surface area contributed by atoms with Crippen molar-refractivity contribution < 1.29 is 4.79 Å². The fourth-order valence-corrected chi connectivity index (χ4v) is 1.36. The van der Waals surface area contributed by atoms with Crippen molar-refractivity contribution in [2.24, 2.45) is 5.73 Å². The second-order valence-electron chi connectivity index (χ2n) is 2.76. The van der Waals surface area contributed by atoms with Gasteiger partial charge in [-0.15, -0.1) is 0 Å².